The number of methoxy groups -OCH3 is 1. The van der Waals surface area contributed by atoms with Crippen molar-refractivity contribution in [2.24, 2.45) is 16.5 Å². The number of hydrogen-bond donors (Lipinski definition) is 3. The highest BCUT2D eigenvalue weighted by Gasteiger charge is 2.52. The van der Waals surface area contributed by atoms with Gasteiger partial charge in [-0.3, -0.25) is 9.59 Å². The molecule has 10 heteroatoms. The van der Waals surface area contributed by atoms with Gasteiger partial charge in [-0.25, -0.2) is 13.6 Å². The van der Waals surface area contributed by atoms with Crippen molar-refractivity contribution < 1.29 is 22.7 Å². The van der Waals surface area contributed by atoms with Gasteiger partial charge < -0.3 is 15.4 Å². The van der Waals surface area contributed by atoms with Crippen molar-refractivity contribution in [1.29, 1.82) is 0 Å². The molecule has 2 aromatic rings. The predicted octanol–water partition coefficient (Wildman–Crippen LogP) is 2.75. The van der Waals surface area contributed by atoms with E-state index in [0.29, 0.717) is 13.0 Å². The van der Waals surface area contributed by atoms with Crippen molar-refractivity contribution in [3.63, 3.8) is 0 Å². The predicted molar refractivity (Wildman–Crippen MR) is 130 cm³/mol. The van der Waals surface area contributed by atoms with Crippen molar-refractivity contribution in [3.05, 3.63) is 46.3 Å². The van der Waals surface area contributed by atoms with Gasteiger partial charge >= 0.3 is 0 Å². The molecule has 34 heavy (non-hydrogen) atoms. The van der Waals surface area contributed by atoms with Crippen molar-refractivity contribution in [2.45, 2.75) is 55.7 Å². The van der Waals surface area contributed by atoms with Crippen LogP contribution < -0.4 is 20.5 Å². The molecule has 2 amide bonds. The number of aryl methyl sites for hydroxylation is 1. The fraction of sp³-hybridized carbons (Fsp3) is 0.500. The molecule has 2 aliphatic rings. The third-order valence-corrected chi connectivity index (χ3v) is 9.77. The first-order valence-electron chi connectivity index (χ1n) is 11.4. The lowest BCUT2D eigenvalue weighted by molar-refractivity contribution is -0.120. The van der Waals surface area contributed by atoms with Crippen molar-refractivity contribution in [1.82, 2.24) is 10.6 Å². The van der Waals surface area contributed by atoms with Gasteiger partial charge in [-0.05, 0) is 49.5 Å². The molecular formula is C24H31N3O5S2. The number of nitrogens with one attached hydrogen (secondary N) is 2. The maximum absolute atomic E-state index is 13.1. The number of carbonyl (C=O) groups is 2. The number of hydrogen-bond acceptors (Lipinski definition) is 6. The Bertz CT molecular complexity index is 1170. The summed E-state index contributed by atoms with van der Waals surface area (Å²) in [5, 5.41) is 11.5. The molecule has 4 N–H and O–H groups in total. The number of thiophene rings is 1. The number of sulfonamides is 1. The summed E-state index contributed by atoms with van der Waals surface area (Å²) in [4.78, 5) is 25.9. The van der Waals surface area contributed by atoms with E-state index in [-0.39, 0.29) is 44.0 Å². The molecule has 184 valence electrons. The molecule has 1 aromatic carbocycles. The third kappa shape index (κ3) is 5.13. The van der Waals surface area contributed by atoms with Crippen LogP contribution in [0.15, 0.2) is 34.5 Å². The van der Waals surface area contributed by atoms with E-state index in [4.69, 9.17) is 9.88 Å². The molecule has 4 rings (SSSR count). The molecule has 2 atom stereocenters. The lowest BCUT2D eigenvalue weighted by atomic mass is 9.64. The average Bonchev–Trinajstić information content (AvgIpc) is 3.36. The minimum Gasteiger partial charge on any atom is -0.494 e. The summed E-state index contributed by atoms with van der Waals surface area (Å²) in [5.41, 5.74) is 2.16. The zero-order chi connectivity index (χ0) is 24.5. The Morgan fingerprint density at radius 1 is 1.21 bits per heavy atom. The molecule has 0 radical (unpaired) electrons. The third-order valence-electron chi connectivity index (χ3n) is 7.19. The first kappa shape index (κ1) is 24.7. The summed E-state index contributed by atoms with van der Waals surface area (Å²) in [6, 6.07) is 9.24. The van der Waals surface area contributed by atoms with Gasteiger partial charge in [-0.1, -0.05) is 36.2 Å². The molecule has 0 aliphatic heterocycles. The van der Waals surface area contributed by atoms with E-state index in [9.17, 15) is 18.0 Å². The topological polar surface area (TPSA) is 128 Å². The summed E-state index contributed by atoms with van der Waals surface area (Å²) in [5.74, 6) is -0.190. The molecule has 1 aromatic heterocycles. The number of carbonyl (C=O) groups excluding carboxylic acids is 2. The zero-order valence-electron chi connectivity index (χ0n) is 19.4. The normalized spacial score (nSPS) is 21.1. The highest BCUT2D eigenvalue weighted by molar-refractivity contribution is 7.91. The second kappa shape index (κ2) is 9.67. The Balaban J connectivity index is 1.43. The van der Waals surface area contributed by atoms with Crippen LogP contribution in [0.2, 0.25) is 0 Å². The number of rotatable bonds is 8. The van der Waals surface area contributed by atoms with Crippen LogP contribution in [0.25, 0.3) is 0 Å². The van der Waals surface area contributed by atoms with Gasteiger partial charge in [0.2, 0.25) is 5.91 Å². The van der Waals surface area contributed by atoms with E-state index < -0.39 is 10.0 Å². The van der Waals surface area contributed by atoms with Crippen LogP contribution in [0, 0.1) is 18.3 Å². The van der Waals surface area contributed by atoms with E-state index in [1.165, 1.54) is 13.2 Å². The smallest absolute Gasteiger partial charge is 0.261 e. The Morgan fingerprint density at radius 3 is 2.47 bits per heavy atom. The first-order chi connectivity index (χ1) is 16.1. The number of ether oxygens (including phenoxy) is 1. The maximum Gasteiger partial charge on any atom is 0.261 e. The second-order valence-corrected chi connectivity index (χ2v) is 12.3. The molecule has 1 heterocycles. The molecule has 0 bridgehead atoms. The molecule has 2 aliphatic carbocycles. The Hall–Kier alpha value is -2.43. The highest BCUT2D eigenvalue weighted by atomic mass is 32.2. The lowest BCUT2D eigenvalue weighted by Crippen LogP contribution is -2.52. The van der Waals surface area contributed by atoms with Gasteiger partial charge in [0.1, 0.15) is 0 Å². The van der Waals surface area contributed by atoms with Crippen LogP contribution in [-0.2, 0) is 21.2 Å². The van der Waals surface area contributed by atoms with Crippen LogP contribution in [-0.4, -0.2) is 39.9 Å². The summed E-state index contributed by atoms with van der Waals surface area (Å²) in [6.07, 6.45) is 5.46. The summed E-state index contributed by atoms with van der Waals surface area (Å²) in [7, 11) is -2.65. The van der Waals surface area contributed by atoms with Crippen LogP contribution in [0.1, 0.15) is 52.9 Å². The zero-order valence-corrected chi connectivity index (χ0v) is 21.1. The van der Waals surface area contributed by atoms with E-state index in [0.717, 1.165) is 54.6 Å². The summed E-state index contributed by atoms with van der Waals surface area (Å²) in [6.45, 7) is 2.50. The van der Waals surface area contributed by atoms with Gasteiger partial charge in [-0.15, -0.1) is 11.3 Å². The molecule has 1 spiro atoms. The Kier molecular flexibility index (Phi) is 7.02. The molecule has 8 nitrogen and oxygen atoms in total. The largest absolute Gasteiger partial charge is 0.494 e. The SMILES string of the molecule is COc1cc(C(=O)NC2C(CNC(=O)Cc3ccc(C)cc3)CCC23CCC3)sc1S(N)(=O)=O. The number of benzene rings is 1. The number of nitrogens with two attached hydrogens (primary N) is 1. The lowest BCUT2D eigenvalue weighted by Gasteiger charge is -2.45. The molecule has 2 fully saturated rings. The van der Waals surface area contributed by atoms with Gasteiger partial charge in [-0.2, -0.15) is 0 Å². The fourth-order valence-corrected chi connectivity index (χ4v) is 7.12. The van der Waals surface area contributed by atoms with Crippen molar-refractivity contribution >= 4 is 33.2 Å². The minimum absolute atomic E-state index is 0.0377. The van der Waals surface area contributed by atoms with Gasteiger partial charge in [0.25, 0.3) is 15.9 Å². The van der Waals surface area contributed by atoms with Crippen LogP contribution in [0.4, 0.5) is 0 Å². The van der Waals surface area contributed by atoms with Crippen LogP contribution >= 0.6 is 11.3 Å². The van der Waals surface area contributed by atoms with E-state index in [1.54, 1.807) is 0 Å². The molecule has 2 unspecified atom stereocenters. The maximum atomic E-state index is 13.1. The van der Waals surface area contributed by atoms with Gasteiger partial charge in [0.05, 0.1) is 18.4 Å². The van der Waals surface area contributed by atoms with E-state index in [2.05, 4.69) is 10.6 Å². The highest BCUT2D eigenvalue weighted by Crippen LogP contribution is 2.55. The van der Waals surface area contributed by atoms with Gasteiger partial charge in [0, 0.05) is 18.7 Å². The number of amides is 2. The molecule has 2 saturated carbocycles. The quantitative estimate of drug-likeness (QED) is 0.508. The average molecular weight is 506 g/mol. The van der Waals surface area contributed by atoms with Gasteiger partial charge in [0.15, 0.2) is 9.96 Å². The van der Waals surface area contributed by atoms with Crippen molar-refractivity contribution in [2.75, 3.05) is 13.7 Å². The van der Waals surface area contributed by atoms with Crippen LogP contribution in [0.5, 0.6) is 5.75 Å². The second-order valence-electron chi connectivity index (χ2n) is 9.44. The minimum atomic E-state index is -3.99. The summed E-state index contributed by atoms with van der Waals surface area (Å²) >= 11 is 0.810. The first-order valence-corrected chi connectivity index (χ1v) is 13.8. The fourth-order valence-electron chi connectivity index (χ4n) is 5.20. The van der Waals surface area contributed by atoms with E-state index in [1.807, 2.05) is 31.2 Å². The van der Waals surface area contributed by atoms with E-state index >= 15 is 0 Å². The standard InChI is InChI=1S/C24H31N3O5S2/c1-15-4-6-16(7-5-15)12-20(28)26-14-17-8-11-24(9-3-10-24)21(17)27-22(29)19-13-18(32-2)23(33-19)34(25,30)31/h4-7,13,17,21H,3,8-12,14H2,1-2H3,(H,26,28)(H,27,29)(H2,25,30,31). The Morgan fingerprint density at radius 2 is 1.91 bits per heavy atom. The van der Waals surface area contributed by atoms with Crippen molar-refractivity contribution in [3.8, 4) is 5.75 Å². The molecule has 0 saturated heterocycles. The van der Waals surface area contributed by atoms with Crippen LogP contribution in [0.3, 0.4) is 0 Å². The molecular weight excluding hydrogens is 474 g/mol. The Labute approximate surface area is 204 Å². The summed E-state index contributed by atoms with van der Waals surface area (Å²) < 4.78 is 28.6. The monoisotopic (exact) mass is 505 g/mol. The number of primary sulfonamides is 1.